The number of hydrogen-bond donors (Lipinski definition) is 1. The summed E-state index contributed by atoms with van der Waals surface area (Å²) < 4.78 is 30.0. The third kappa shape index (κ3) is 5.20. The number of fused-ring (bicyclic) bond motifs is 1. The van der Waals surface area contributed by atoms with Gasteiger partial charge in [-0.2, -0.15) is 0 Å². The van der Waals surface area contributed by atoms with Crippen LogP contribution in [0.1, 0.15) is 30.0 Å². The first-order valence-electron chi connectivity index (χ1n) is 9.16. The highest BCUT2D eigenvalue weighted by Gasteiger charge is 2.17. The van der Waals surface area contributed by atoms with Crippen molar-refractivity contribution in [2.45, 2.75) is 32.8 Å². The van der Waals surface area contributed by atoms with Gasteiger partial charge in [-0.25, -0.2) is 4.39 Å². The molecule has 0 saturated heterocycles. The predicted octanol–water partition coefficient (Wildman–Crippen LogP) is 3.38. The van der Waals surface area contributed by atoms with Gasteiger partial charge in [0.05, 0.1) is 13.2 Å². The van der Waals surface area contributed by atoms with Crippen LogP contribution in [0.15, 0.2) is 36.4 Å². The number of carbonyl (C=O) groups excluding carboxylic acids is 1. The van der Waals surface area contributed by atoms with Crippen molar-refractivity contribution in [3.8, 4) is 11.5 Å². The van der Waals surface area contributed by atoms with Gasteiger partial charge in [-0.1, -0.05) is 18.2 Å². The first-order valence-corrected chi connectivity index (χ1v) is 9.16. The minimum Gasteiger partial charge on any atom is -0.494 e. The number of nitrogens with one attached hydrogen (secondary N) is 1. The number of para-hydroxylation sites is 1. The molecule has 0 saturated carbocycles. The molecule has 1 aliphatic rings. The zero-order chi connectivity index (χ0) is 19.1. The number of carbonyl (C=O) groups is 1. The maximum absolute atomic E-state index is 13.7. The van der Waals surface area contributed by atoms with Crippen LogP contribution in [0, 0.1) is 5.82 Å². The van der Waals surface area contributed by atoms with Gasteiger partial charge in [-0.05, 0) is 49.1 Å². The summed E-state index contributed by atoms with van der Waals surface area (Å²) in [7, 11) is 0. The van der Waals surface area contributed by atoms with E-state index in [9.17, 15) is 9.18 Å². The molecular weight excluding hydrogens is 349 g/mol. The second-order valence-electron chi connectivity index (χ2n) is 6.30. The number of rotatable bonds is 8. The summed E-state index contributed by atoms with van der Waals surface area (Å²) in [6.45, 7) is 3.45. The summed E-state index contributed by atoms with van der Waals surface area (Å²) >= 11 is 0. The Labute approximate surface area is 158 Å². The fourth-order valence-electron chi connectivity index (χ4n) is 3.12. The summed E-state index contributed by atoms with van der Waals surface area (Å²) in [6, 6.07) is 10.6. The molecule has 1 heterocycles. The quantitative estimate of drug-likeness (QED) is 0.771. The maximum atomic E-state index is 13.7. The van der Waals surface area contributed by atoms with Crippen LogP contribution in [-0.4, -0.2) is 25.9 Å². The first-order chi connectivity index (χ1) is 13.2. The molecule has 3 rings (SSSR count). The first kappa shape index (κ1) is 19.2. The van der Waals surface area contributed by atoms with Gasteiger partial charge in [-0.15, -0.1) is 0 Å². The average molecular weight is 373 g/mol. The lowest BCUT2D eigenvalue weighted by molar-refractivity contribution is -0.121. The number of halogens is 1. The van der Waals surface area contributed by atoms with Crippen LogP contribution in [-0.2, 0) is 29.0 Å². The van der Waals surface area contributed by atoms with E-state index in [-0.39, 0.29) is 18.5 Å². The third-order valence-corrected chi connectivity index (χ3v) is 4.36. The highest BCUT2D eigenvalue weighted by Crippen LogP contribution is 2.29. The molecule has 1 aliphatic heterocycles. The van der Waals surface area contributed by atoms with Crippen LogP contribution in [0.25, 0.3) is 0 Å². The number of aryl methyl sites for hydroxylation is 1. The summed E-state index contributed by atoms with van der Waals surface area (Å²) in [5.41, 5.74) is 2.47. The molecule has 0 bridgehead atoms. The van der Waals surface area contributed by atoms with E-state index in [2.05, 4.69) is 5.32 Å². The van der Waals surface area contributed by atoms with Gasteiger partial charge < -0.3 is 19.5 Å². The van der Waals surface area contributed by atoms with Crippen molar-refractivity contribution in [2.24, 2.45) is 0 Å². The molecule has 0 unspecified atom stereocenters. The molecule has 27 heavy (non-hydrogen) atoms. The van der Waals surface area contributed by atoms with Crippen LogP contribution >= 0.6 is 0 Å². The van der Waals surface area contributed by atoms with Crippen molar-refractivity contribution >= 4 is 5.91 Å². The Balaban J connectivity index is 1.50. The fourth-order valence-corrected chi connectivity index (χ4v) is 3.12. The second kappa shape index (κ2) is 9.37. The van der Waals surface area contributed by atoms with Crippen molar-refractivity contribution in [3.05, 3.63) is 58.9 Å². The smallest absolute Gasteiger partial charge is 0.220 e. The lowest BCUT2D eigenvalue weighted by Gasteiger charge is -2.21. The van der Waals surface area contributed by atoms with Gasteiger partial charge in [0.15, 0.2) is 6.79 Å². The van der Waals surface area contributed by atoms with Crippen LogP contribution < -0.4 is 14.8 Å². The Morgan fingerprint density at radius 1 is 1.22 bits per heavy atom. The monoisotopic (exact) mass is 373 g/mol. The number of ether oxygens (including phenoxy) is 3. The molecule has 2 aromatic rings. The lowest BCUT2D eigenvalue weighted by Crippen LogP contribution is -2.26. The Morgan fingerprint density at radius 3 is 2.93 bits per heavy atom. The Bertz CT molecular complexity index is 794. The van der Waals surface area contributed by atoms with Gasteiger partial charge >= 0.3 is 0 Å². The molecule has 0 spiro atoms. The third-order valence-electron chi connectivity index (χ3n) is 4.36. The van der Waals surface area contributed by atoms with E-state index in [1.165, 1.54) is 12.1 Å². The largest absolute Gasteiger partial charge is 0.494 e. The van der Waals surface area contributed by atoms with E-state index in [1.54, 1.807) is 0 Å². The normalized spacial score (nSPS) is 12.8. The molecule has 144 valence electrons. The molecule has 2 aromatic carbocycles. The standard InChI is InChI=1S/C21H24FNO4/c1-2-26-19-6-4-3-5-15(19)7-8-20(24)23-10-9-16-11-18(22)12-17-13-25-14-27-21(16)17/h3-6,11-12H,2,7-10,13-14H2,1H3,(H,23,24). The molecule has 0 fully saturated rings. The molecule has 0 aliphatic carbocycles. The Hall–Kier alpha value is -2.60. The van der Waals surface area contributed by atoms with Crippen molar-refractivity contribution in [2.75, 3.05) is 19.9 Å². The van der Waals surface area contributed by atoms with E-state index in [0.29, 0.717) is 50.3 Å². The van der Waals surface area contributed by atoms with Crippen molar-refractivity contribution in [3.63, 3.8) is 0 Å². The van der Waals surface area contributed by atoms with Gasteiger partial charge in [0.2, 0.25) is 5.91 Å². The predicted molar refractivity (Wildman–Crippen MR) is 99.3 cm³/mol. The molecule has 0 atom stereocenters. The van der Waals surface area contributed by atoms with Crippen LogP contribution in [0.3, 0.4) is 0 Å². The Kier molecular flexibility index (Phi) is 6.65. The molecular formula is C21H24FNO4. The molecule has 0 radical (unpaired) electrons. The summed E-state index contributed by atoms with van der Waals surface area (Å²) in [6.07, 6.45) is 1.48. The minimum absolute atomic E-state index is 0.0455. The summed E-state index contributed by atoms with van der Waals surface area (Å²) in [4.78, 5) is 12.2. The summed E-state index contributed by atoms with van der Waals surface area (Å²) in [5.74, 6) is 1.12. The topological polar surface area (TPSA) is 56.8 Å². The van der Waals surface area contributed by atoms with E-state index in [1.807, 2.05) is 31.2 Å². The second-order valence-corrected chi connectivity index (χ2v) is 6.30. The zero-order valence-corrected chi connectivity index (χ0v) is 15.4. The van der Waals surface area contributed by atoms with E-state index in [0.717, 1.165) is 16.9 Å². The Morgan fingerprint density at radius 2 is 2.07 bits per heavy atom. The van der Waals surface area contributed by atoms with Crippen molar-refractivity contribution < 1.29 is 23.4 Å². The molecule has 1 N–H and O–H groups in total. The van der Waals surface area contributed by atoms with E-state index in [4.69, 9.17) is 14.2 Å². The fraction of sp³-hybridized carbons (Fsp3) is 0.381. The molecule has 6 heteroatoms. The zero-order valence-electron chi connectivity index (χ0n) is 15.4. The van der Waals surface area contributed by atoms with Gasteiger partial charge in [-0.3, -0.25) is 4.79 Å². The van der Waals surface area contributed by atoms with Crippen molar-refractivity contribution in [1.29, 1.82) is 0 Å². The molecule has 1 amide bonds. The molecule has 0 aromatic heterocycles. The number of hydrogen-bond acceptors (Lipinski definition) is 4. The highest BCUT2D eigenvalue weighted by molar-refractivity contribution is 5.76. The minimum atomic E-state index is -0.322. The van der Waals surface area contributed by atoms with Gasteiger partial charge in [0.1, 0.15) is 17.3 Å². The van der Waals surface area contributed by atoms with Crippen LogP contribution in [0.2, 0.25) is 0 Å². The average Bonchev–Trinajstić information content (AvgIpc) is 2.67. The highest BCUT2D eigenvalue weighted by atomic mass is 19.1. The van der Waals surface area contributed by atoms with E-state index < -0.39 is 0 Å². The lowest BCUT2D eigenvalue weighted by atomic mass is 10.1. The SMILES string of the molecule is CCOc1ccccc1CCC(=O)NCCc1cc(F)cc2c1OCOC2. The van der Waals surface area contributed by atoms with Gasteiger partial charge in [0, 0.05) is 18.5 Å². The molecule has 5 nitrogen and oxygen atoms in total. The number of amides is 1. The van der Waals surface area contributed by atoms with Crippen molar-refractivity contribution in [1.82, 2.24) is 5.32 Å². The maximum Gasteiger partial charge on any atom is 0.220 e. The summed E-state index contributed by atoms with van der Waals surface area (Å²) in [5, 5.41) is 2.89. The van der Waals surface area contributed by atoms with Crippen LogP contribution in [0.5, 0.6) is 11.5 Å². The number of benzene rings is 2. The van der Waals surface area contributed by atoms with E-state index >= 15 is 0 Å². The van der Waals surface area contributed by atoms with Crippen LogP contribution in [0.4, 0.5) is 4.39 Å². The van der Waals surface area contributed by atoms with Gasteiger partial charge in [0.25, 0.3) is 0 Å².